The van der Waals surface area contributed by atoms with Gasteiger partial charge in [0, 0.05) is 61.1 Å². The van der Waals surface area contributed by atoms with Crippen LogP contribution >= 0.6 is 0 Å². The van der Waals surface area contributed by atoms with Gasteiger partial charge in [0.2, 0.25) is 0 Å². The van der Waals surface area contributed by atoms with Crippen LogP contribution in [0.1, 0.15) is 51.7 Å². The highest BCUT2D eigenvalue weighted by Gasteiger charge is 2.46. The molecule has 0 unspecified atom stereocenters. The van der Waals surface area contributed by atoms with E-state index in [9.17, 15) is 0 Å². The summed E-state index contributed by atoms with van der Waals surface area (Å²) < 4.78 is 9.69. The molecule has 0 saturated carbocycles. The van der Waals surface area contributed by atoms with E-state index >= 15 is 0 Å². The quantitative estimate of drug-likeness (QED) is 0.135. The van der Waals surface area contributed by atoms with Crippen LogP contribution in [0.15, 0.2) is 247 Å². The Hall–Kier alpha value is -9.32. The zero-order valence-electron chi connectivity index (χ0n) is 45.0. The van der Waals surface area contributed by atoms with Crippen molar-refractivity contribution in [3.05, 3.63) is 254 Å². The number of para-hydroxylation sites is 4. The summed E-state index contributed by atoms with van der Waals surface area (Å²) in [5.74, 6) is 0. The van der Waals surface area contributed by atoms with Crippen molar-refractivity contribution in [2.24, 2.45) is 0 Å². The fourth-order valence-corrected chi connectivity index (χ4v) is 13.2. The number of anilines is 6. The van der Waals surface area contributed by atoms with E-state index in [1.165, 1.54) is 77.5 Å². The monoisotopic (exact) mass is 1020 g/mol. The van der Waals surface area contributed by atoms with Crippen molar-refractivity contribution in [1.29, 1.82) is 0 Å². The number of rotatable bonds is 9. The second-order valence-corrected chi connectivity index (χ2v) is 22.6. The highest BCUT2D eigenvalue weighted by Crippen LogP contribution is 2.53. The van der Waals surface area contributed by atoms with Gasteiger partial charge in [-0.15, -0.1) is 0 Å². The van der Waals surface area contributed by atoms with E-state index < -0.39 is 0 Å². The summed E-state index contributed by atoms with van der Waals surface area (Å²) in [7, 11) is 0. The summed E-state index contributed by atoms with van der Waals surface area (Å²) in [5.41, 5.74) is 25.4. The zero-order valence-corrected chi connectivity index (χ0v) is 45.0. The predicted molar refractivity (Wildman–Crippen MR) is 336 cm³/mol. The first-order chi connectivity index (χ1) is 38.8. The minimum Gasteiger partial charge on any atom is -0.454 e. The van der Waals surface area contributed by atoms with Gasteiger partial charge in [0.15, 0.2) is 5.58 Å². The fraction of sp³-hybridized carbons (Fsp3) is 0.108. The molecule has 15 rings (SSSR count). The van der Waals surface area contributed by atoms with E-state index in [2.05, 4.69) is 285 Å². The Kier molecular flexibility index (Phi) is 10.9. The van der Waals surface area contributed by atoms with Crippen LogP contribution in [-0.4, -0.2) is 11.3 Å². The van der Waals surface area contributed by atoms with Gasteiger partial charge >= 0.3 is 0 Å². The minimum atomic E-state index is -0.238. The molecule has 2 aromatic heterocycles. The third kappa shape index (κ3) is 7.43. The molecule has 0 amide bonds. The van der Waals surface area contributed by atoms with E-state index in [1.54, 1.807) is 0 Å². The Bertz CT molecular complexity index is 4420. The molecule has 5 heteroatoms. The Morgan fingerprint density at radius 1 is 0.430 bits per heavy atom. The topological polar surface area (TPSA) is 24.6 Å². The Balaban J connectivity index is 1.12. The smallest absolute Gasteiger partial charge is 0.252 e. The molecule has 13 aromatic rings. The molecule has 378 valence electrons. The number of fused-ring (bicyclic) bond motifs is 10. The van der Waals surface area contributed by atoms with E-state index in [-0.39, 0.29) is 12.1 Å². The van der Waals surface area contributed by atoms with Crippen molar-refractivity contribution >= 4 is 101 Å². The van der Waals surface area contributed by atoms with Crippen LogP contribution in [0.3, 0.4) is 0 Å². The molecular weight excluding hydrogens is 958 g/mol. The lowest BCUT2D eigenvalue weighted by atomic mass is 9.33. The molecule has 0 atom stereocenters. The first-order valence-corrected chi connectivity index (χ1v) is 28.1. The first-order valence-electron chi connectivity index (χ1n) is 28.1. The molecule has 0 aliphatic carbocycles. The summed E-state index contributed by atoms with van der Waals surface area (Å²) in [4.78, 5) is 5.30. The molecule has 0 saturated heterocycles. The third-order valence-corrected chi connectivity index (χ3v) is 16.9. The number of hydrogen-bond donors (Lipinski definition) is 0. The summed E-state index contributed by atoms with van der Waals surface area (Å²) >= 11 is 0. The number of furan rings is 1. The summed E-state index contributed by atoms with van der Waals surface area (Å²) in [6.07, 6.45) is 3.06. The highest BCUT2D eigenvalue weighted by molar-refractivity contribution is 7.00. The molecular formula is C74H58BN3O. The van der Waals surface area contributed by atoms with Crippen molar-refractivity contribution < 1.29 is 4.42 Å². The lowest BCUT2D eigenvalue weighted by Crippen LogP contribution is -2.61. The third-order valence-electron chi connectivity index (χ3n) is 16.9. The van der Waals surface area contributed by atoms with Crippen molar-refractivity contribution in [2.45, 2.75) is 52.4 Å². The number of unbranched alkanes of at least 4 members (excludes halogenated alkanes) is 1. The molecule has 4 heterocycles. The van der Waals surface area contributed by atoms with Crippen LogP contribution in [0.5, 0.6) is 0 Å². The van der Waals surface area contributed by atoms with Gasteiger partial charge < -0.3 is 18.8 Å². The number of aromatic nitrogens is 1. The highest BCUT2D eigenvalue weighted by atomic mass is 16.3. The standard InChI is InChI=1S/C74H58BN3O/c1-5-6-23-51-38-41-60-59-32-18-21-37-69(59)79-73(60)71(51)77-65-43-39-52(48-24-10-7-11-25-48)44-62(65)75-61-42-40-54(76-63-35-19-16-30-57(63)58-31-17-20-36-64(58)76)47-66(61)78(68-46-53(74(2,3)4)45-67(77)70(68)75)72-55(49-26-12-8-13-27-49)33-22-34-56(72)50-28-14-9-15-29-50/h7-22,24-47H,5-6,23H2,1-4H3. The van der Waals surface area contributed by atoms with Crippen LogP contribution in [0.2, 0.25) is 0 Å². The molecule has 4 nitrogen and oxygen atoms in total. The molecule has 79 heavy (non-hydrogen) atoms. The lowest BCUT2D eigenvalue weighted by Gasteiger charge is -2.46. The van der Waals surface area contributed by atoms with Crippen LogP contribution in [0.4, 0.5) is 34.1 Å². The largest absolute Gasteiger partial charge is 0.454 e. The lowest BCUT2D eigenvalue weighted by molar-refractivity contribution is 0.590. The molecule has 0 spiro atoms. The van der Waals surface area contributed by atoms with Gasteiger partial charge in [-0.2, -0.15) is 0 Å². The van der Waals surface area contributed by atoms with Crippen molar-refractivity contribution in [3.8, 4) is 39.1 Å². The maximum absolute atomic E-state index is 7.21. The van der Waals surface area contributed by atoms with E-state index in [1.807, 2.05) is 0 Å². The fourth-order valence-electron chi connectivity index (χ4n) is 13.2. The van der Waals surface area contributed by atoms with Gasteiger partial charge in [0.25, 0.3) is 6.71 Å². The Morgan fingerprint density at radius 2 is 1.01 bits per heavy atom. The second-order valence-electron chi connectivity index (χ2n) is 22.6. The molecule has 0 N–H and O–H groups in total. The van der Waals surface area contributed by atoms with E-state index in [0.717, 1.165) is 86.2 Å². The van der Waals surface area contributed by atoms with Gasteiger partial charge in [-0.1, -0.05) is 228 Å². The van der Waals surface area contributed by atoms with Gasteiger partial charge in [0.1, 0.15) is 5.58 Å². The Morgan fingerprint density at radius 3 is 1.65 bits per heavy atom. The predicted octanol–water partition coefficient (Wildman–Crippen LogP) is 18.4. The van der Waals surface area contributed by atoms with Gasteiger partial charge in [-0.25, -0.2) is 0 Å². The van der Waals surface area contributed by atoms with Crippen LogP contribution in [-0.2, 0) is 11.8 Å². The van der Waals surface area contributed by atoms with Crippen molar-refractivity contribution in [2.75, 3.05) is 9.80 Å². The molecule has 2 aliphatic rings. The number of nitrogens with zero attached hydrogens (tertiary/aromatic N) is 3. The van der Waals surface area contributed by atoms with Gasteiger partial charge in [-0.05, 0) is 117 Å². The van der Waals surface area contributed by atoms with E-state index in [4.69, 9.17) is 4.42 Å². The van der Waals surface area contributed by atoms with Gasteiger partial charge in [0.05, 0.1) is 22.4 Å². The molecule has 2 aliphatic heterocycles. The molecule has 11 aromatic carbocycles. The van der Waals surface area contributed by atoms with Gasteiger partial charge in [-0.3, -0.25) is 0 Å². The van der Waals surface area contributed by atoms with Crippen LogP contribution in [0.25, 0.3) is 82.8 Å². The number of hydrogen-bond acceptors (Lipinski definition) is 3. The van der Waals surface area contributed by atoms with Crippen molar-refractivity contribution in [1.82, 2.24) is 4.57 Å². The normalized spacial score (nSPS) is 12.9. The number of aryl methyl sites for hydroxylation is 1. The molecule has 0 fully saturated rings. The zero-order chi connectivity index (χ0) is 52.9. The van der Waals surface area contributed by atoms with Crippen LogP contribution < -0.4 is 26.2 Å². The SMILES string of the molecule is CCCCc1ccc2c(oc3ccccc32)c1N1c2ccc(-c3ccccc3)cc2B2c3ccc(-n4c5ccccc5c5ccccc54)cc3N(c3c(-c4ccccc4)cccc3-c3ccccc3)c3cc(C(C)(C)C)cc1c32. The average molecular weight is 1020 g/mol. The molecule has 0 radical (unpaired) electrons. The average Bonchev–Trinajstić information content (AvgIpc) is 4.18. The summed E-state index contributed by atoms with van der Waals surface area (Å²) in [5, 5.41) is 4.74. The maximum atomic E-state index is 7.21. The summed E-state index contributed by atoms with van der Waals surface area (Å²) in [6.45, 7) is 9.25. The van der Waals surface area contributed by atoms with E-state index in [0.29, 0.717) is 0 Å². The Labute approximate surface area is 462 Å². The summed E-state index contributed by atoms with van der Waals surface area (Å²) in [6, 6.07) is 90.5. The first kappa shape index (κ1) is 46.9. The second kappa shape index (κ2) is 18.4. The van der Waals surface area contributed by atoms with Crippen LogP contribution in [0, 0.1) is 0 Å². The molecule has 0 bridgehead atoms. The number of benzene rings is 11. The maximum Gasteiger partial charge on any atom is 0.252 e. The minimum absolute atomic E-state index is 0.148. The van der Waals surface area contributed by atoms with Crippen molar-refractivity contribution in [3.63, 3.8) is 0 Å².